The Hall–Kier alpha value is -2.54. The average molecular weight is 285 g/mol. The first-order chi connectivity index (χ1) is 9.83. The van der Waals surface area contributed by atoms with E-state index in [1.54, 1.807) is 10.9 Å². The Morgan fingerprint density at radius 2 is 2.10 bits per heavy atom. The molecule has 0 unspecified atom stereocenters. The van der Waals surface area contributed by atoms with Gasteiger partial charge in [0.2, 0.25) is 0 Å². The number of carbonyl (C=O) groups is 1. The van der Waals surface area contributed by atoms with Crippen molar-refractivity contribution in [2.45, 2.75) is 6.54 Å². The minimum Gasteiger partial charge on any atom is -0.347 e. The molecule has 6 nitrogen and oxygen atoms in total. The summed E-state index contributed by atoms with van der Waals surface area (Å²) in [6.45, 7) is 0.420. The maximum absolute atomic E-state index is 11.7. The number of benzene rings is 1. The quantitative estimate of drug-likeness (QED) is 0.791. The van der Waals surface area contributed by atoms with Crippen molar-refractivity contribution < 1.29 is 4.79 Å². The van der Waals surface area contributed by atoms with Gasteiger partial charge in [-0.2, -0.15) is 5.10 Å². The minimum absolute atomic E-state index is 0.174. The zero-order valence-electron chi connectivity index (χ0n) is 10.4. The maximum Gasteiger partial charge on any atom is 0.264 e. The zero-order chi connectivity index (χ0) is 13.8. The van der Waals surface area contributed by atoms with Crippen LogP contribution in [-0.4, -0.2) is 25.3 Å². The Balaban J connectivity index is 1.65. The Bertz CT molecular complexity index is 693. The highest BCUT2D eigenvalue weighted by molar-refractivity contribution is 7.07. The molecule has 3 aromatic rings. The molecule has 20 heavy (non-hydrogen) atoms. The molecule has 0 spiro atoms. The van der Waals surface area contributed by atoms with E-state index in [9.17, 15) is 4.79 Å². The van der Waals surface area contributed by atoms with Crippen molar-refractivity contribution >= 4 is 17.4 Å². The smallest absolute Gasteiger partial charge is 0.264 e. The summed E-state index contributed by atoms with van der Waals surface area (Å²) in [4.78, 5) is 12.2. The van der Waals surface area contributed by atoms with Crippen molar-refractivity contribution in [3.8, 4) is 5.69 Å². The second-order valence-corrected chi connectivity index (χ2v) is 4.88. The van der Waals surface area contributed by atoms with Crippen LogP contribution < -0.4 is 5.32 Å². The summed E-state index contributed by atoms with van der Waals surface area (Å²) in [6, 6.07) is 9.80. The van der Waals surface area contributed by atoms with Gasteiger partial charge in [-0.1, -0.05) is 22.7 Å². The van der Waals surface area contributed by atoms with Crippen LogP contribution >= 0.6 is 11.5 Å². The number of nitrogens with zero attached hydrogens (tertiary/aromatic N) is 4. The third kappa shape index (κ3) is 2.72. The van der Waals surface area contributed by atoms with E-state index in [1.165, 1.54) is 6.20 Å². The zero-order valence-corrected chi connectivity index (χ0v) is 11.2. The highest BCUT2D eigenvalue weighted by atomic mass is 32.1. The van der Waals surface area contributed by atoms with Crippen LogP contribution in [0.15, 0.2) is 48.9 Å². The number of nitrogens with one attached hydrogen (secondary N) is 1. The second-order valence-electron chi connectivity index (χ2n) is 4.09. The summed E-state index contributed by atoms with van der Waals surface area (Å²) in [6.07, 6.45) is 5.08. The second kappa shape index (κ2) is 5.62. The van der Waals surface area contributed by atoms with E-state index in [2.05, 4.69) is 20.0 Å². The standard InChI is InChI=1S/C13H11N5OS/c19-13(12-8-15-17-20-12)14-6-10-7-16-18(9-10)11-4-2-1-3-5-11/h1-5,7-9H,6H2,(H,14,19). The summed E-state index contributed by atoms with van der Waals surface area (Å²) < 4.78 is 5.43. The van der Waals surface area contributed by atoms with Crippen LogP contribution in [0.2, 0.25) is 0 Å². The molecule has 0 aliphatic rings. The summed E-state index contributed by atoms with van der Waals surface area (Å²) in [5, 5.41) is 10.7. The lowest BCUT2D eigenvalue weighted by atomic mass is 10.3. The predicted octanol–water partition coefficient (Wildman–Crippen LogP) is 1.65. The van der Waals surface area contributed by atoms with Crippen molar-refractivity contribution in [2.24, 2.45) is 0 Å². The van der Waals surface area contributed by atoms with Crippen LogP contribution in [0.5, 0.6) is 0 Å². The number of amides is 1. The fourth-order valence-electron chi connectivity index (χ4n) is 1.71. The van der Waals surface area contributed by atoms with Crippen LogP contribution in [0.1, 0.15) is 15.2 Å². The van der Waals surface area contributed by atoms with Gasteiger partial charge >= 0.3 is 0 Å². The molecule has 0 aliphatic heterocycles. The minimum atomic E-state index is -0.174. The third-order valence-electron chi connectivity index (χ3n) is 2.69. The Morgan fingerprint density at radius 3 is 2.85 bits per heavy atom. The lowest BCUT2D eigenvalue weighted by Gasteiger charge is -2.00. The molecule has 3 rings (SSSR count). The summed E-state index contributed by atoms with van der Waals surface area (Å²) in [5.41, 5.74) is 1.91. The van der Waals surface area contributed by atoms with Gasteiger partial charge in [-0.3, -0.25) is 4.79 Å². The topological polar surface area (TPSA) is 72.7 Å². The Morgan fingerprint density at radius 1 is 1.25 bits per heavy atom. The van der Waals surface area contributed by atoms with Crippen LogP contribution in [0.3, 0.4) is 0 Å². The molecule has 1 N–H and O–H groups in total. The van der Waals surface area contributed by atoms with Crippen LogP contribution in [-0.2, 0) is 6.54 Å². The van der Waals surface area contributed by atoms with E-state index in [1.807, 2.05) is 36.5 Å². The van der Waals surface area contributed by atoms with Crippen LogP contribution in [0.25, 0.3) is 5.69 Å². The first-order valence-corrected chi connectivity index (χ1v) is 6.75. The molecule has 0 saturated carbocycles. The Kier molecular flexibility index (Phi) is 3.51. The highest BCUT2D eigenvalue weighted by Gasteiger charge is 2.08. The van der Waals surface area contributed by atoms with Gasteiger partial charge in [0.1, 0.15) is 4.88 Å². The van der Waals surface area contributed by atoms with E-state index >= 15 is 0 Å². The number of para-hydroxylation sites is 1. The van der Waals surface area contributed by atoms with Gasteiger partial charge in [-0.15, -0.1) is 5.10 Å². The first-order valence-electron chi connectivity index (χ1n) is 5.97. The van der Waals surface area contributed by atoms with E-state index in [4.69, 9.17) is 0 Å². The van der Waals surface area contributed by atoms with E-state index in [0.29, 0.717) is 11.4 Å². The molecule has 2 heterocycles. The molecule has 1 aromatic carbocycles. The van der Waals surface area contributed by atoms with Crippen molar-refractivity contribution in [1.82, 2.24) is 24.7 Å². The molecule has 0 saturated heterocycles. The monoisotopic (exact) mass is 285 g/mol. The largest absolute Gasteiger partial charge is 0.347 e. The lowest BCUT2D eigenvalue weighted by molar-refractivity contribution is 0.0955. The number of hydrogen-bond donors (Lipinski definition) is 1. The van der Waals surface area contributed by atoms with Gasteiger partial charge in [-0.05, 0) is 23.7 Å². The number of aromatic nitrogens is 4. The molecule has 0 fully saturated rings. The van der Waals surface area contributed by atoms with Crippen molar-refractivity contribution in [2.75, 3.05) is 0 Å². The molecular weight excluding hydrogens is 274 g/mol. The van der Waals surface area contributed by atoms with E-state index in [0.717, 1.165) is 22.8 Å². The van der Waals surface area contributed by atoms with Gasteiger partial charge in [0, 0.05) is 18.3 Å². The predicted molar refractivity (Wildman–Crippen MR) is 74.6 cm³/mol. The number of hydrogen-bond acceptors (Lipinski definition) is 5. The molecule has 0 atom stereocenters. The highest BCUT2D eigenvalue weighted by Crippen LogP contribution is 2.08. The van der Waals surface area contributed by atoms with Crippen LogP contribution in [0, 0.1) is 0 Å². The fourth-order valence-corrected chi connectivity index (χ4v) is 2.14. The number of carbonyl (C=O) groups excluding carboxylic acids is 1. The summed E-state index contributed by atoms with van der Waals surface area (Å²) in [7, 11) is 0. The summed E-state index contributed by atoms with van der Waals surface area (Å²) >= 11 is 1.07. The summed E-state index contributed by atoms with van der Waals surface area (Å²) in [5.74, 6) is -0.174. The van der Waals surface area contributed by atoms with Gasteiger partial charge in [0.25, 0.3) is 5.91 Å². The van der Waals surface area contributed by atoms with Crippen molar-refractivity contribution in [3.05, 3.63) is 59.4 Å². The molecule has 7 heteroatoms. The molecular formula is C13H11N5OS. The maximum atomic E-state index is 11.7. The lowest BCUT2D eigenvalue weighted by Crippen LogP contribution is -2.21. The molecule has 0 aliphatic carbocycles. The van der Waals surface area contributed by atoms with Gasteiger partial charge in [0.15, 0.2) is 0 Å². The Labute approximate surface area is 119 Å². The molecule has 2 aromatic heterocycles. The number of rotatable bonds is 4. The third-order valence-corrected chi connectivity index (χ3v) is 3.36. The van der Waals surface area contributed by atoms with Crippen molar-refractivity contribution in [1.29, 1.82) is 0 Å². The van der Waals surface area contributed by atoms with Gasteiger partial charge < -0.3 is 5.32 Å². The van der Waals surface area contributed by atoms with E-state index < -0.39 is 0 Å². The molecule has 0 radical (unpaired) electrons. The fraction of sp³-hybridized carbons (Fsp3) is 0.0769. The molecule has 0 bridgehead atoms. The van der Waals surface area contributed by atoms with Crippen LogP contribution in [0.4, 0.5) is 0 Å². The van der Waals surface area contributed by atoms with E-state index in [-0.39, 0.29) is 5.91 Å². The normalized spacial score (nSPS) is 10.4. The van der Waals surface area contributed by atoms with Gasteiger partial charge in [-0.25, -0.2) is 4.68 Å². The average Bonchev–Trinajstić information content (AvgIpc) is 3.17. The SMILES string of the molecule is O=C(NCc1cnn(-c2ccccc2)c1)c1cnns1. The molecule has 100 valence electrons. The van der Waals surface area contributed by atoms with Gasteiger partial charge in [0.05, 0.1) is 18.1 Å². The first kappa shape index (κ1) is 12.5. The van der Waals surface area contributed by atoms with Crippen molar-refractivity contribution in [3.63, 3.8) is 0 Å². The molecule has 1 amide bonds.